The number of hydrogen-bond acceptors (Lipinski definition) is 5. The molecule has 4 heterocycles. The first kappa shape index (κ1) is 18.7. The van der Waals surface area contributed by atoms with Crippen LogP contribution in [0, 0.1) is 0 Å². The molecule has 9 nitrogen and oxygen atoms in total. The van der Waals surface area contributed by atoms with E-state index in [0.29, 0.717) is 23.2 Å². The number of aromatic amines is 2. The fourth-order valence-electron chi connectivity index (χ4n) is 4.55. The molecule has 2 atom stereocenters. The summed E-state index contributed by atoms with van der Waals surface area (Å²) in [5.41, 5.74) is 4.07. The molecule has 0 radical (unpaired) electrons. The lowest BCUT2D eigenvalue weighted by Crippen LogP contribution is -2.23. The summed E-state index contributed by atoms with van der Waals surface area (Å²) in [5, 5.41) is 10.2. The van der Waals surface area contributed by atoms with Crippen LogP contribution in [0.2, 0.25) is 0 Å². The second-order valence-corrected chi connectivity index (χ2v) is 8.62. The molecule has 6 rings (SSSR count). The van der Waals surface area contributed by atoms with Crippen molar-refractivity contribution in [1.82, 2.24) is 34.3 Å². The van der Waals surface area contributed by atoms with Gasteiger partial charge in [0.15, 0.2) is 5.65 Å². The first-order valence-corrected chi connectivity index (χ1v) is 10.6. The Kier molecular flexibility index (Phi) is 3.95. The molecule has 2 N–H and O–H groups in total. The van der Waals surface area contributed by atoms with Gasteiger partial charge in [-0.15, -0.1) is 0 Å². The molecule has 0 spiro atoms. The van der Waals surface area contributed by atoms with Crippen molar-refractivity contribution in [2.24, 2.45) is 0 Å². The predicted octanol–water partition coefficient (Wildman–Crippen LogP) is 2.97. The number of nitrogens with one attached hydrogen (secondary N) is 2. The molecular formula is C23H21N7O2. The van der Waals surface area contributed by atoms with Gasteiger partial charge in [0.1, 0.15) is 0 Å². The van der Waals surface area contributed by atoms with Crippen molar-refractivity contribution in [1.29, 1.82) is 0 Å². The molecule has 9 heteroatoms. The molecule has 0 saturated heterocycles. The second-order valence-electron chi connectivity index (χ2n) is 8.62. The van der Waals surface area contributed by atoms with E-state index in [1.807, 2.05) is 12.3 Å². The predicted molar refractivity (Wildman–Crippen MR) is 120 cm³/mol. The topological polar surface area (TPSA) is 114 Å². The Morgan fingerprint density at radius 1 is 1.16 bits per heavy atom. The fraction of sp³-hybridized carbons (Fsp3) is 0.261. The van der Waals surface area contributed by atoms with E-state index in [9.17, 15) is 9.59 Å². The van der Waals surface area contributed by atoms with Gasteiger partial charge in [0.05, 0.1) is 23.0 Å². The molecule has 0 amide bonds. The maximum atomic E-state index is 12.3. The number of hydrogen-bond donors (Lipinski definition) is 2. The smallest absolute Gasteiger partial charge is 0.313 e. The summed E-state index contributed by atoms with van der Waals surface area (Å²) < 4.78 is 3.75. The highest BCUT2D eigenvalue weighted by molar-refractivity contribution is 5.80. The summed E-state index contributed by atoms with van der Waals surface area (Å²) in [4.78, 5) is 33.0. The summed E-state index contributed by atoms with van der Waals surface area (Å²) in [6.07, 6.45) is 7.79. The number of benzene rings is 1. The fourth-order valence-corrected chi connectivity index (χ4v) is 4.55. The zero-order valence-corrected chi connectivity index (χ0v) is 17.6. The first-order valence-electron chi connectivity index (χ1n) is 10.6. The Bertz CT molecular complexity index is 1600. The lowest BCUT2D eigenvalue weighted by molar-refractivity contribution is 0.550. The van der Waals surface area contributed by atoms with Crippen LogP contribution in [0.15, 0.2) is 58.6 Å². The van der Waals surface area contributed by atoms with Crippen LogP contribution in [-0.4, -0.2) is 34.3 Å². The molecular weight excluding hydrogens is 406 g/mol. The molecule has 1 aromatic carbocycles. The van der Waals surface area contributed by atoms with Crippen molar-refractivity contribution in [2.75, 3.05) is 0 Å². The van der Waals surface area contributed by atoms with Crippen molar-refractivity contribution in [3.05, 3.63) is 81.0 Å². The molecule has 1 fully saturated rings. The maximum absolute atomic E-state index is 12.3. The number of aromatic nitrogens is 7. The molecule has 1 saturated carbocycles. The van der Waals surface area contributed by atoms with E-state index in [4.69, 9.17) is 0 Å². The Morgan fingerprint density at radius 3 is 2.84 bits per heavy atom. The van der Waals surface area contributed by atoms with Crippen molar-refractivity contribution < 1.29 is 0 Å². The minimum absolute atomic E-state index is 0.274. The quantitative estimate of drug-likeness (QED) is 0.458. The van der Waals surface area contributed by atoms with Crippen LogP contribution in [0.25, 0.3) is 27.8 Å². The Balaban J connectivity index is 1.42. The van der Waals surface area contributed by atoms with Gasteiger partial charge >= 0.3 is 5.69 Å². The van der Waals surface area contributed by atoms with Gasteiger partial charge in [0.2, 0.25) is 0 Å². The molecule has 5 aromatic rings. The molecule has 32 heavy (non-hydrogen) atoms. The van der Waals surface area contributed by atoms with Gasteiger partial charge in [-0.25, -0.2) is 14.3 Å². The van der Waals surface area contributed by atoms with E-state index in [1.54, 1.807) is 16.9 Å². The van der Waals surface area contributed by atoms with Gasteiger partial charge in [-0.2, -0.15) is 10.2 Å². The highest BCUT2D eigenvalue weighted by Gasteiger charge is 2.41. The van der Waals surface area contributed by atoms with Crippen molar-refractivity contribution in [3.63, 3.8) is 0 Å². The van der Waals surface area contributed by atoms with Crippen LogP contribution in [-0.2, 0) is 0 Å². The van der Waals surface area contributed by atoms with E-state index in [1.165, 1.54) is 11.8 Å². The minimum Gasteiger partial charge on any atom is -0.313 e. The zero-order valence-electron chi connectivity index (χ0n) is 17.6. The molecule has 0 bridgehead atoms. The van der Waals surface area contributed by atoms with E-state index < -0.39 is 11.2 Å². The molecule has 4 aromatic heterocycles. The second kappa shape index (κ2) is 6.74. The van der Waals surface area contributed by atoms with Gasteiger partial charge < -0.3 is 4.98 Å². The van der Waals surface area contributed by atoms with Crippen LogP contribution < -0.4 is 11.2 Å². The summed E-state index contributed by atoms with van der Waals surface area (Å²) in [5.74, 6) is 0.635. The average molecular weight is 427 g/mol. The van der Waals surface area contributed by atoms with Gasteiger partial charge in [0.25, 0.3) is 5.56 Å². The maximum Gasteiger partial charge on any atom is 0.325 e. The normalized spacial score (nSPS) is 18.1. The van der Waals surface area contributed by atoms with E-state index in [-0.39, 0.29) is 5.92 Å². The van der Waals surface area contributed by atoms with Gasteiger partial charge in [-0.05, 0) is 49.8 Å². The van der Waals surface area contributed by atoms with Crippen LogP contribution in [0.5, 0.6) is 0 Å². The van der Waals surface area contributed by atoms with Gasteiger partial charge in [-0.1, -0.05) is 12.1 Å². The zero-order chi connectivity index (χ0) is 22.0. The Labute approximate surface area is 181 Å². The van der Waals surface area contributed by atoms with E-state index >= 15 is 0 Å². The number of fused-ring (bicyclic) bond motifs is 2. The minimum atomic E-state index is -0.541. The average Bonchev–Trinajstić information content (AvgIpc) is 3.21. The summed E-state index contributed by atoms with van der Waals surface area (Å²) in [6, 6.07) is 8.77. The van der Waals surface area contributed by atoms with Crippen LogP contribution in [0.4, 0.5) is 0 Å². The summed E-state index contributed by atoms with van der Waals surface area (Å²) >= 11 is 0. The lowest BCUT2D eigenvalue weighted by Gasteiger charge is -2.09. The van der Waals surface area contributed by atoms with E-state index in [2.05, 4.69) is 61.9 Å². The monoisotopic (exact) mass is 427 g/mol. The standard InChI is InChI=1S/C23H21N7O2/c1-12(2)30-20-7-13(3-4-14(20)10-26-30)15-8-16(15)17-9-19(28-29-6-5-24-21(17)29)18-11-25-23(32)27-22(18)31/h3-7,9-12,15-16H,8H2,1-2H3,(H2,25,27,31,32)/t15-,16+/m1/s1. The Morgan fingerprint density at radius 2 is 2.03 bits per heavy atom. The molecule has 160 valence electrons. The highest BCUT2D eigenvalue weighted by Crippen LogP contribution is 2.56. The van der Waals surface area contributed by atoms with Crippen molar-refractivity contribution in [2.45, 2.75) is 38.1 Å². The molecule has 1 aliphatic carbocycles. The van der Waals surface area contributed by atoms with Crippen LogP contribution in [0.3, 0.4) is 0 Å². The number of imidazole rings is 1. The van der Waals surface area contributed by atoms with Gasteiger partial charge in [0, 0.05) is 35.6 Å². The van der Waals surface area contributed by atoms with Crippen LogP contribution in [0.1, 0.15) is 49.3 Å². The number of H-pyrrole nitrogens is 2. The number of nitrogens with zero attached hydrogens (tertiary/aromatic N) is 5. The number of rotatable bonds is 4. The first-order chi connectivity index (χ1) is 15.5. The summed E-state index contributed by atoms with van der Waals surface area (Å²) in [7, 11) is 0. The third kappa shape index (κ3) is 2.89. The Hall–Kier alpha value is -4.01. The molecule has 0 aliphatic heterocycles. The summed E-state index contributed by atoms with van der Waals surface area (Å²) in [6.45, 7) is 4.26. The third-order valence-electron chi connectivity index (χ3n) is 6.21. The lowest BCUT2D eigenvalue weighted by atomic mass is 10.0. The van der Waals surface area contributed by atoms with Gasteiger partial charge in [-0.3, -0.25) is 14.5 Å². The van der Waals surface area contributed by atoms with Crippen molar-refractivity contribution in [3.8, 4) is 11.3 Å². The van der Waals surface area contributed by atoms with E-state index in [0.717, 1.165) is 28.5 Å². The SMILES string of the molecule is CC(C)n1ncc2ccc([C@H]3C[C@@H]3c3cc(-c4c[nH]c(=O)[nH]c4=O)nn4ccnc34)cc21. The highest BCUT2D eigenvalue weighted by atomic mass is 16.2. The molecule has 1 aliphatic rings. The third-order valence-corrected chi connectivity index (χ3v) is 6.21. The van der Waals surface area contributed by atoms with Crippen LogP contribution >= 0.6 is 0 Å². The largest absolute Gasteiger partial charge is 0.325 e. The van der Waals surface area contributed by atoms with Crippen molar-refractivity contribution >= 4 is 16.6 Å². The molecule has 0 unspecified atom stereocenters.